The molecule has 152 valence electrons. The number of nitrogens with one attached hydrogen (secondary N) is 2. The molecule has 0 aliphatic heterocycles. The van der Waals surface area contributed by atoms with Crippen LogP contribution in [0.5, 0.6) is 17.2 Å². The van der Waals surface area contributed by atoms with E-state index in [1.54, 1.807) is 24.3 Å². The predicted molar refractivity (Wildman–Crippen MR) is 106 cm³/mol. The zero-order valence-corrected chi connectivity index (χ0v) is 16.9. The van der Waals surface area contributed by atoms with Crippen LogP contribution in [0.1, 0.15) is 29.8 Å². The van der Waals surface area contributed by atoms with Gasteiger partial charge in [0.2, 0.25) is 0 Å². The van der Waals surface area contributed by atoms with Crippen LogP contribution in [0, 0.1) is 11.3 Å². The van der Waals surface area contributed by atoms with Gasteiger partial charge < -0.3 is 14.2 Å². The van der Waals surface area contributed by atoms with E-state index in [1.807, 2.05) is 19.9 Å². The summed E-state index contributed by atoms with van der Waals surface area (Å²) in [5, 5.41) is 8.95. The lowest BCUT2D eigenvalue weighted by atomic mass is 10.2. The van der Waals surface area contributed by atoms with Crippen molar-refractivity contribution in [3.63, 3.8) is 0 Å². The number of nitrogens with zero attached hydrogens (tertiary/aromatic N) is 1. The molecule has 2 rings (SSSR count). The van der Waals surface area contributed by atoms with Crippen LogP contribution in [0.15, 0.2) is 36.4 Å². The van der Waals surface area contributed by atoms with Crippen molar-refractivity contribution < 1.29 is 23.8 Å². The topological polar surface area (TPSA) is 110 Å². The molecule has 2 amide bonds. The van der Waals surface area contributed by atoms with Crippen LogP contribution in [0.2, 0.25) is 5.02 Å². The van der Waals surface area contributed by atoms with E-state index in [1.165, 1.54) is 19.2 Å². The van der Waals surface area contributed by atoms with Crippen LogP contribution in [0.4, 0.5) is 0 Å². The summed E-state index contributed by atoms with van der Waals surface area (Å²) < 4.78 is 16.1. The normalized spacial score (nSPS) is 10.1. The van der Waals surface area contributed by atoms with Gasteiger partial charge in [0.1, 0.15) is 5.75 Å². The minimum absolute atomic E-state index is 0.128. The molecule has 0 bridgehead atoms. The molecule has 0 radical (unpaired) electrons. The first-order chi connectivity index (χ1) is 13.8. The van der Waals surface area contributed by atoms with Gasteiger partial charge in [0, 0.05) is 5.56 Å². The van der Waals surface area contributed by atoms with Crippen molar-refractivity contribution >= 4 is 23.4 Å². The summed E-state index contributed by atoms with van der Waals surface area (Å²) in [7, 11) is 1.43. The smallest absolute Gasteiger partial charge is 0.276 e. The van der Waals surface area contributed by atoms with E-state index in [-0.39, 0.29) is 23.3 Å². The van der Waals surface area contributed by atoms with Crippen molar-refractivity contribution in [2.24, 2.45) is 0 Å². The van der Waals surface area contributed by atoms with Gasteiger partial charge in [0.05, 0.1) is 29.9 Å². The van der Waals surface area contributed by atoms with Crippen molar-refractivity contribution in [1.29, 1.82) is 5.26 Å². The Kier molecular flexibility index (Phi) is 7.69. The average Bonchev–Trinajstić information content (AvgIpc) is 2.71. The Labute approximate surface area is 173 Å². The number of hydrazine groups is 1. The Bertz CT molecular complexity index is 923. The van der Waals surface area contributed by atoms with Crippen molar-refractivity contribution in [2.45, 2.75) is 20.0 Å². The van der Waals surface area contributed by atoms with Gasteiger partial charge >= 0.3 is 0 Å². The molecule has 8 nitrogen and oxygen atoms in total. The highest BCUT2D eigenvalue weighted by Gasteiger charge is 2.17. The Morgan fingerprint density at radius 3 is 2.45 bits per heavy atom. The number of benzene rings is 2. The zero-order chi connectivity index (χ0) is 21.4. The second kappa shape index (κ2) is 10.2. The Morgan fingerprint density at radius 2 is 1.86 bits per heavy atom. The van der Waals surface area contributed by atoms with Gasteiger partial charge in [-0.2, -0.15) is 5.26 Å². The van der Waals surface area contributed by atoms with E-state index >= 15 is 0 Å². The number of halogens is 1. The lowest BCUT2D eigenvalue weighted by molar-refractivity contribution is -0.123. The van der Waals surface area contributed by atoms with Gasteiger partial charge in [-0.3, -0.25) is 20.4 Å². The number of nitriles is 1. The van der Waals surface area contributed by atoms with Crippen molar-refractivity contribution in [3.8, 4) is 23.3 Å². The molecule has 0 saturated heterocycles. The lowest BCUT2D eigenvalue weighted by Gasteiger charge is -2.16. The first kappa shape index (κ1) is 21.9. The minimum atomic E-state index is -0.590. The number of amides is 2. The second-order valence-corrected chi connectivity index (χ2v) is 6.49. The lowest BCUT2D eigenvalue weighted by Crippen LogP contribution is -2.43. The van der Waals surface area contributed by atoms with Crippen molar-refractivity contribution in [2.75, 3.05) is 13.7 Å². The third kappa shape index (κ3) is 6.30. The quantitative estimate of drug-likeness (QED) is 0.670. The zero-order valence-electron chi connectivity index (χ0n) is 16.1. The summed E-state index contributed by atoms with van der Waals surface area (Å²) >= 11 is 6.19. The monoisotopic (exact) mass is 417 g/mol. The summed E-state index contributed by atoms with van der Waals surface area (Å²) in [6.07, 6.45) is -0.128. The molecule has 9 heteroatoms. The molecular formula is C20H20ClN3O5. The largest absolute Gasteiger partial charge is 0.493 e. The first-order valence-electron chi connectivity index (χ1n) is 8.60. The molecule has 0 heterocycles. The van der Waals surface area contributed by atoms with Gasteiger partial charge in [-0.15, -0.1) is 0 Å². The van der Waals surface area contributed by atoms with Crippen LogP contribution in [-0.2, 0) is 4.79 Å². The van der Waals surface area contributed by atoms with Gasteiger partial charge in [0.15, 0.2) is 18.1 Å². The number of carbonyl (C=O) groups is 2. The molecule has 0 aromatic heterocycles. The molecule has 0 spiro atoms. The maximum atomic E-state index is 12.3. The Hall–Kier alpha value is -3.44. The predicted octanol–water partition coefficient (Wildman–Crippen LogP) is 2.85. The third-order valence-electron chi connectivity index (χ3n) is 3.51. The highest BCUT2D eigenvalue weighted by Crippen LogP contribution is 2.37. The van der Waals surface area contributed by atoms with E-state index in [0.717, 1.165) is 0 Å². The maximum Gasteiger partial charge on any atom is 0.276 e. The van der Waals surface area contributed by atoms with Gasteiger partial charge in [-0.25, -0.2) is 0 Å². The van der Waals surface area contributed by atoms with E-state index in [0.29, 0.717) is 22.8 Å². The molecule has 2 aromatic carbocycles. The van der Waals surface area contributed by atoms with E-state index in [4.69, 9.17) is 31.1 Å². The number of hydrogen-bond acceptors (Lipinski definition) is 6. The fourth-order valence-electron chi connectivity index (χ4n) is 2.21. The van der Waals surface area contributed by atoms with E-state index < -0.39 is 11.8 Å². The highest BCUT2D eigenvalue weighted by atomic mass is 35.5. The first-order valence-corrected chi connectivity index (χ1v) is 8.98. The van der Waals surface area contributed by atoms with E-state index in [9.17, 15) is 9.59 Å². The molecule has 0 unspecified atom stereocenters. The fourth-order valence-corrected chi connectivity index (χ4v) is 2.47. The number of methoxy groups -OCH3 is 1. The molecule has 29 heavy (non-hydrogen) atoms. The molecular weight excluding hydrogens is 398 g/mol. The Morgan fingerprint density at radius 1 is 1.17 bits per heavy atom. The molecule has 0 aliphatic carbocycles. The van der Waals surface area contributed by atoms with Gasteiger partial charge in [0.25, 0.3) is 11.8 Å². The highest BCUT2D eigenvalue weighted by molar-refractivity contribution is 6.32. The number of rotatable bonds is 7. The van der Waals surface area contributed by atoms with Crippen LogP contribution >= 0.6 is 11.6 Å². The minimum Gasteiger partial charge on any atom is -0.493 e. The number of hydrogen-bond donors (Lipinski definition) is 2. The fraction of sp³-hybridized carbons (Fsp3) is 0.250. The molecule has 0 fully saturated rings. The molecule has 0 saturated carbocycles. The van der Waals surface area contributed by atoms with Crippen molar-refractivity contribution in [1.82, 2.24) is 10.9 Å². The summed E-state index contributed by atoms with van der Waals surface area (Å²) in [5.74, 6) is -0.108. The van der Waals surface area contributed by atoms with Crippen LogP contribution in [0.25, 0.3) is 0 Å². The molecule has 2 aromatic rings. The molecule has 0 aliphatic rings. The van der Waals surface area contributed by atoms with Crippen LogP contribution in [-0.4, -0.2) is 31.6 Å². The second-order valence-electron chi connectivity index (χ2n) is 6.08. The molecule has 0 atom stereocenters. The van der Waals surface area contributed by atoms with Gasteiger partial charge in [-0.05, 0) is 50.2 Å². The summed E-state index contributed by atoms with van der Waals surface area (Å²) in [4.78, 5) is 24.2. The standard InChI is InChI=1S/C20H20ClN3O5/c1-12(2)29-19-16(21)8-14(9-17(19)27-3)20(26)24-23-18(25)11-28-15-6-4-13(10-22)5-7-15/h4-9,12H,11H2,1-3H3,(H,23,25)(H,24,26). The number of ether oxygens (including phenoxy) is 3. The molecule has 2 N–H and O–H groups in total. The maximum absolute atomic E-state index is 12.3. The summed E-state index contributed by atoms with van der Waals surface area (Å²) in [6.45, 7) is 3.36. The third-order valence-corrected chi connectivity index (χ3v) is 3.79. The average molecular weight is 418 g/mol. The summed E-state index contributed by atoms with van der Waals surface area (Å²) in [5.41, 5.74) is 5.18. The number of carbonyl (C=O) groups excluding carboxylic acids is 2. The van der Waals surface area contributed by atoms with Gasteiger partial charge in [-0.1, -0.05) is 11.6 Å². The van der Waals surface area contributed by atoms with Crippen LogP contribution in [0.3, 0.4) is 0 Å². The van der Waals surface area contributed by atoms with E-state index in [2.05, 4.69) is 10.9 Å². The van der Waals surface area contributed by atoms with Crippen LogP contribution < -0.4 is 25.1 Å². The Balaban J connectivity index is 1.93. The summed E-state index contributed by atoms with van der Waals surface area (Å²) in [6, 6.07) is 11.1. The SMILES string of the molecule is COc1cc(C(=O)NNC(=O)COc2ccc(C#N)cc2)cc(Cl)c1OC(C)C. The van der Waals surface area contributed by atoms with Crippen molar-refractivity contribution in [3.05, 3.63) is 52.5 Å².